The predicted octanol–water partition coefficient (Wildman–Crippen LogP) is 4.72. The fraction of sp³-hybridized carbons (Fsp3) is 0.238. The molecule has 1 atom stereocenters. The van der Waals surface area contributed by atoms with Crippen LogP contribution in [0.4, 0.5) is 10.5 Å². The highest BCUT2D eigenvalue weighted by atomic mass is 35.5. The van der Waals surface area contributed by atoms with Crippen molar-refractivity contribution >= 4 is 51.7 Å². The summed E-state index contributed by atoms with van der Waals surface area (Å²) in [6.45, 7) is 2.21. The van der Waals surface area contributed by atoms with E-state index in [2.05, 4.69) is 4.98 Å². The second kappa shape index (κ2) is 6.15. The number of carbonyl (C=O) groups is 2. The number of hydrogen-bond acceptors (Lipinski definition) is 3. The molecule has 6 nitrogen and oxygen atoms in total. The standard InChI is InChI=1S/C21H17Cl2N3O3/c1-21-18-13(14-10-12(29-2)4-5-16(14)24-18)7-8-25(21)20(28)26(19(21)27)17-6-3-11(22)9-15(17)23/h3-6,9-10,24H,7-8H2,1-2H3. The van der Waals surface area contributed by atoms with E-state index in [1.807, 2.05) is 18.2 Å². The molecule has 5 rings (SSSR count). The molecule has 2 aliphatic rings. The van der Waals surface area contributed by atoms with Gasteiger partial charge in [0.05, 0.1) is 23.5 Å². The van der Waals surface area contributed by atoms with E-state index in [1.54, 1.807) is 31.1 Å². The molecule has 2 aromatic carbocycles. The molecule has 1 aromatic heterocycles. The third-order valence-electron chi connectivity index (χ3n) is 5.92. The molecule has 0 radical (unpaired) electrons. The Hall–Kier alpha value is -2.70. The zero-order valence-electron chi connectivity index (χ0n) is 15.8. The molecule has 0 saturated carbocycles. The number of nitrogens with zero attached hydrogens (tertiary/aromatic N) is 2. The molecule has 1 unspecified atom stereocenters. The van der Waals surface area contributed by atoms with Gasteiger partial charge in [-0.25, -0.2) is 9.69 Å². The van der Waals surface area contributed by atoms with E-state index in [-0.39, 0.29) is 17.0 Å². The number of aromatic nitrogens is 1. The van der Waals surface area contributed by atoms with Crippen LogP contribution in [-0.2, 0) is 16.8 Å². The van der Waals surface area contributed by atoms with E-state index in [0.29, 0.717) is 23.7 Å². The van der Waals surface area contributed by atoms with E-state index < -0.39 is 5.54 Å². The molecular weight excluding hydrogens is 413 g/mol. The van der Waals surface area contributed by atoms with Crippen molar-refractivity contribution in [3.05, 3.63) is 57.7 Å². The number of anilines is 1. The van der Waals surface area contributed by atoms with Crippen LogP contribution in [0.1, 0.15) is 18.2 Å². The van der Waals surface area contributed by atoms with Gasteiger partial charge in [0.2, 0.25) is 0 Å². The largest absolute Gasteiger partial charge is 0.497 e. The average Bonchev–Trinajstić information content (AvgIpc) is 3.16. The Bertz CT molecular complexity index is 1210. The Morgan fingerprint density at radius 3 is 2.66 bits per heavy atom. The lowest BCUT2D eigenvalue weighted by Gasteiger charge is -2.35. The number of benzene rings is 2. The molecular formula is C21H17Cl2N3O3. The summed E-state index contributed by atoms with van der Waals surface area (Å²) in [5.41, 5.74) is 1.86. The molecule has 0 aliphatic carbocycles. The zero-order valence-corrected chi connectivity index (χ0v) is 17.3. The minimum atomic E-state index is -1.14. The van der Waals surface area contributed by atoms with Crippen molar-refractivity contribution in [1.82, 2.24) is 9.88 Å². The number of fused-ring (bicyclic) bond motifs is 5. The lowest BCUT2D eigenvalue weighted by atomic mass is 9.87. The highest BCUT2D eigenvalue weighted by Crippen LogP contribution is 2.46. The summed E-state index contributed by atoms with van der Waals surface area (Å²) in [5, 5.41) is 1.70. The van der Waals surface area contributed by atoms with Crippen LogP contribution in [0.2, 0.25) is 10.0 Å². The minimum Gasteiger partial charge on any atom is -0.497 e. The summed E-state index contributed by atoms with van der Waals surface area (Å²) in [5.74, 6) is 0.404. The van der Waals surface area contributed by atoms with Crippen molar-refractivity contribution < 1.29 is 14.3 Å². The second-order valence-electron chi connectivity index (χ2n) is 7.38. The summed E-state index contributed by atoms with van der Waals surface area (Å²) >= 11 is 12.3. The number of rotatable bonds is 2. The smallest absolute Gasteiger partial charge is 0.332 e. The lowest BCUT2D eigenvalue weighted by Crippen LogP contribution is -2.49. The number of methoxy groups -OCH3 is 1. The van der Waals surface area contributed by atoms with Crippen LogP contribution < -0.4 is 9.64 Å². The van der Waals surface area contributed by atoms with Gasteiger partial charge >= 0.3 is 6.03 Å². The van der Waals surface area contributed by atoms with Crippen molar-refractivity contribution in [2.45, 2.75) is 18.9 Å². The van der Waals surface area contributed by atoms with Gasteiger partial charge in [-0.05, 0) is 55.3 Å². The van der Waals surface area contributed by atoms with Gasteiger partial charge in [-0.2, -0.15) is 0 Å². The average molecular weight is 430 g/mol. The van der Waals surface area contributed by atoms with Crippen molar-refractivity contribution in [2.24, 2.45) is 0 Å². The summed E-state index contributed by atoms with van der Waals surface area (Å²) in [4.78, 5) is 33.0. The third-order valence-corrected chi connectivity index (χ3v) is 6.46. The van der Waals surface area contributed by atoms with E-state index >= 15 is 0 Å². The molecule has 148 valence electrons. The molecule has 1 fully saturated rings. The highest BCUT2D eigenvalue weighted by Gasteiger charge is 2.59. The molecule has 1 N–H and O–H groups in total. The molecule has 3 heterocycles. The predicted molar refractivity (Wildman–Crippen MR) is 112 cm³/mol. The Morgan fingerprint density at radius 1 is 1.14 bits per heavy atom. The van der Waals surface area contributed by atoms with Crippen LogP contribution in [0.3, 0.4) is 0 Å². The van der Waals surface area contributed by atoms with Gasteiger partial charge in [0.25, 0.3) is 5.91 Å². The summed E-state index contributed by atoms with van der Waals surface area (Å²) in [6.07, 6.45) is 0.638. The Morgan fingerprint density at radius 2 is 1.93 bits per heavy atom. The van der Waals surface area contributed by atoms with Crippen LogP contribution in [0.15, 0.2) is 36.4 Å². The SMILES string of the molecule is COc1ccc2[nH]c3c(c2c1)CCN1C(=O)N(c2ccc(Cl)cc2Cl)C(=O)C31C. The fourth-order valence-electron chi connectivity index (χ4n) is 4.42. The van der Waals surface area contributed by atoms with E-state index in [1.165, 1.54) is 6.07 Å². The topological polar surface area (TPSA) is 65.6 Å². The van der Waals surface area contributed by atoms with Crippen LogP contribution in [0.25, 0.3) is 10.9 Å². The van der Waals surface area contributed by atoms with Crippen LogP contribution in [0, 0.1) is 0 Å². The quantitative estimate of drug-likeness (QED) is 0.599. The monoisotopic (exact) mass is 429 g/mol. The van der Waals surface area contributed by atoms with Crippen molar-refractivity contribution in [3.63, 3.8) is 0 Å². The minimum absolute atomic E-state index is 0.254. The first-order valence-electron chi connectivity index (χ1n) is 9.16. The number of carbonyl (C=O) groups excluding carboxylic acids is 2. The van der Waals surface area contributed by atoms with E-state index in [0.717, 1.165) is 32.8 Å². The van der Waals surface area contributed by atoms with Gasteiger partial charge in [-0.1, -0.05) is 23.2 Å². The van der Waals surface area contributed by atoms with Gasteiger partial charge in [0.1, 0.15) is 5.75 Å². The highest BCUT2D eigenvalue weighted by molar-refractivity contribution is 6.38. The fourth-order valence-corrected chi connectivity index (χ4v) is 4.91. The molecule has 3 amide bonds. The first kappa shape index (κ1) is 18.3. The summed E-state index contributed by atoms with van der Waals surface area (Å²) in [7, 11) is 1.62. The summed E-state index contributed by atoms with van der Waals surface area (Å²) < 4.78 is 5.35. The molecule has 1 saturated heterocycles. The van der Waals surface area contributed by atoms with Gasteiger partial charge in [-0.3, -0.25) is 4.79 Å². The van der Waals surface area contributed by atoms with E-state index in [9.17, 15) is 9.59 Å². The summed E-state index contributed by atoms with van der Waals surface area (Å²) in [6, 6.07) is 10.1. The zero-order chi connectivity index (χ0) is 20.5. The first-order valence-corrected chi connectivity index (χ1v) is 9.92. The number of ether oxygens (including phenoxy) is 1. The number of urea groups is 1. The van der Waals surface area contributed by atoms with E-state index in [4.69, 9.17) is 27.9 Å². The van der Waals surface area contributed by atoms with Crippen LogP contribution >= 0.6 is 23.2 Å². The van der Waals surface area contributed by atoms with Crippen molar-refractivity contribution in [2.75, 3.05) is 18.6 Å². The maximum atomic E-state index is 13.6. The Balaban J connectivity index is 1.68. The molecule has 3 aromatic rings. The van der Waals surface area contributed by atoms with Crippen LogP contribution in [-0.4, -0.2) is 35.5 Å². The van der Waals surface area contributed by atoms with Gasteiger partial charge < -0.3 is 14.6 Å². The number of nitrogens with one attached hydrogen (secondary N) is 1. The maximum Gasteiger partial charge on any atom is 0.332 e. The van der Waals surface area contributed by atoms with Gasteiger partial charge in [0, 0.05) is 22.5 Å². The van der Waals surface area contributed by atoms with Gasteiger partial charge in [-0.15, -0.1) is 0 Å². The van der Waals surface area contributed by atoms with Crippen molar-refractivity contribution in [1.29, 1.82) is 0 Å². The molecule has 0 bridgehead atoms. The maximum absolute atomic E-state index is 13.6. The molecule has 29 heavy (non-hydrogen) atoms. The molecule has 2 aliphatic heterocycles. The number of halogens is 2. The lowest BCUT2D eigenvalue weighted by molar-refractivity contribution is -0.125. The van der Waals surface area contributed by atoms with Crippen LogP contribution in [0.5, 0.6) is 5.75 Å². The Kier molecular flexibility index (Phi) is 3.89. The number of imide groups is 1. The molecule has 8 heteroatoms. The first-order chi connectivity index (χ1) is 13.9. The van der Waals surface area contributed by atoms with Crippen molar-refractivity contribution in [3.8, 4) is 5.75 Å². The number of hydrogen-bond donors (Lipinski definition) is 1. The number of aromatic amines is 1. The second-order valence-corrected chi connectivity index (χ2v) is 8.23. The number of H-pyrrole nitrogens is 1. The number of amides is 3. The molecule has 0 spiro atoms. The third kappa shape index (κ3) is 2.36. The normalized spacial score (nSPS) is 21.0. The van der Waals surface area contributed by atoms with Gasteiger partial charge in [0.15, 0.2) is 5.54 Å². The Labute approximate surface area is 176 Å².